The van der Waals surface area contributed by atoms with Crippen LogP contribution >= 0.6 is 0 Å². The van der Waals surface area contributed by atoms with Crippen LogP contribution in [0.25, 0.3) is 11.0 Å². The summed E-state index contributed by atoms with van der Waals surface area (Å²) in [5.74, 6) is -1.27. The smallest absolute Gasteiger partial charge is 0.363 e. The maximum atomic E-state index is 13.0. The van der Waals surface area contributed by atoms with E-state index in [1.807, 2.05) is 30.3 Å². The average Bonchev–Trinajstić information content (AvgIpc) is 3.56. The van der Waals surface area contributed by atoms with E-state index in [0.29, 0.717) is 45.2 Å². The molecule has 1 aromatic heterocycles. The van der Waals surface area contributed by atoms with Gasteiger partial charge in [-0.25, -0.2) is 9.59 Å². The standard InChI is InChI=1S/C30H23N3O7/c1-38-22-11-12-26-20(15-22)16-23(30(37)39-26)24-17-25(18-5-3-2-4-6-18)32(31-24)21-9-7-19(8-10-21)29(36)40-33-27(34)13-14-28(33)35/h2-12,15-16,25H,13-14,17H2,1H3. The minimum absolute atomic E-state index is 0.0182. The van der Waals surface area contributed by atoms with Crippen molar-refractivity contribution in [3.63, 3.8) is 0 Å². The fourth-order valence-corrected chi connectivity index (χ4v) is 4.82. The molecule has 0 saturated carbocycles. The zero-order valence-corrected chi connectivity index (χ0v) is 21.4. The monoisotopic (exact) mass is 537 g/mol. The molecule has 10 heteroatoms. The third kappa shape index (κ3) is 4.60. The number of carbonyl (C=O) groups excluding carboxylic acids is 3. The van der Waals surface area contributed by atoms with Gasteiger partial charge < -0.3 is 14.0 Å². The summed E-state index contributed by atoms with van der Waals surface area (Å²) >= 11 is 0. The van der Waals surface area contributed by atoms with Crippen LogP contribution in [0.15, 0.2) is 93.2 Å². The third-order valence-corrected chi connectivity index (χ3v) is 6.89. The van der Waals surface area contributed by atoms with E-state index in [2.05, 4.69) is 0 Å². The molecular weight excluding hydrogens is 514 g/mol. The van der Waals surface area contributed by atoms with E-state index >= 15 is 0 Å². The summed E-state index contributed by atoms with van der Waals surface area (Å²) in [5.41, 5.74) is 2.69. The van der Waals surface area contributed by atoms with Crippen molar-refractivity contribution in [1.82, 2.24) is 5.06 Å². The van der Waals surface area contributed by atoms with Crippen LogP contribution in [0.3, 0.4) is 0 Å². The third-order valence-electron chi connectivity index (χ3n) is 6.89. The van der Waals surface area contributed by atoms with Gasteiger partial charge in [0, 0.05) is 24.6 Å². The summed E-state index contributed by atoms with van der Waals surface area (Å²) in [6, 6.07) is 23.0. The van der Waals surface area contributed by atoms with Crippen LogP contribution in [0.2, 0.25) is 0 Å². The number of benzene rings is 3. The first-order chi connectivity index (χ1) is 19.4. The Bertz CT molecular complexity index is 1710. The topological polar surface area (TPSA) is 119 Å². The average molecular weight is 538 g/mol. The van der Waals surface area contributed by atoms with E-state index in [1.54, 1.807) is 48.5 Å². The molecule has 200 valence electrons. The number of carbonyl (C=O) groups is 3. The van der Waals surface area contributed by atoms with E-state index in [1.165, 1.54) is 12.1 Å². The van der Waals surface area contributed by atoms with Gasteiger partial charge in [-0.1, -0.05) is 30.3 Å². The van der Waals surface area contributed by atoms with Crippen LogP contribution in [-0.2, 0) is 14.4 Å². The summed E-state index contributed by atoms with van der Waals surface area (Å²) in [7, 11) is 1.57. The number of amides is 2. The van der Waals surface area contributed by atoms with Gasteiger partial charge in [0.1, 0.15) is 11.3 Å². The second kappa shape index (κ2) is 10.1. The molecule has 3 heterocycles. The van der Waals surface area contributed by atoms with Gasteiger partial charge in [-0.3, -0.25) is 14.6 Å². The number of hydrogen-bond acceptors (Lipinski definition) is 9. The van der Waals surface area contributed by atoms with Crippen molar-refractivity contribution in [2.45, 2.75) is 25.3 Å². The number of imide groups is 1. The number of rotatable bonds is 6. The molecule has 4 aromatic rings. The number of ether oxygens (including phenoxy) is 1. The van der Waals surface area contributed by atoms with Gasteiger partial charge in [0.05, 0.1) is 35.7 Å². The predicted molar refractivity (Wildman–Crippen MR) is 145 cm³/mol. The van der Waals surface area contributed by atoms with E-state index in [9.17, 15) is 19.2 Å². The fraction of sp³-hybridized carbons (Fsp3) is 0.167. The van der Waals surface area contributed by atoms with E-state index in [0.717, 1.165) is 5.56 Å². The zero-order valence-electron chi connectivity index (χ0n) is 21.4. The van der Waals surface area contributed by atoms with Gasteiger partial charge in [0.15, 0.2) is 0 Å². The lowest BCUT2D eigenvalue weighted by molar-refractivity contribution is -0.172. The molecule has 40 heavy (non-hydrogen) atoms. The Labute approximate surface area is 228 Å². The molecule has 1 saturated heterocycles. The van der Waals surface area contributed by atoms with Crippen LogP contribution < -0.4 is 15.4 Å². The maximum absolute atomic E-state index is 13.0. The van der Waals surface area contributed by atoms with Gasteiger partial charge in [-0.15, -0.1) is 5.06 Å². The van der Waals surface area contributed by atoms with Crippen molar-refractivity contribution in [3.05, 3.63) is 106 Å². The number of hydrogen-bond donors (Lipinski definition) is 0. The first-order valence-corrected chi connectivity index (χ1v) is 12.6. The van der Waals surface area contributed by atoms with Gasteiger partial charge in [0.25, 0.3) is 11.8 Å². The van der Waals surface area contributed by atoms with E-state index < -0.39 is 23.4 Å². The highest BCUT2D eigenvalue weighted by molar-refractivity contribution is 6.05. The summed E-state index contributed by atoms with van der Waals surface area (Å²) in [6.45, 7) is 0. The van der Waals surface area contributed by atoms with Crippen LogP contribution in [0.5, 0.6) is 5.75 Å². The quantitative estimate of drug-likeness (QED) is 0.263. The lowest BCUT2D eigenvalue weighted by Gasteiger charge is -2.24. The molecular formula is C30H23N3O7. The molecule has 0 bridgehead atoms. The molecule has 0 N–H and O–H groups in total. The van der Waals surface area contributed by atoms with Crippen LogP contribution in [0, 0.1) is 0 Å². The Morgan fingerprint density at radius 3 is 2.35 bits per heavy atom. The molecule has 2 aliphatic heterocycles. The van der Waals surface area contributed by atoms with Gasteiger partial charge in [0.2, 0.25) is 0 Å². The number of hydrazone groups is 1. The Morgan fingerprint density at radius 2 is 1.65 bits per heavy atom. The molecule has 1 atom stereocenters. The number of nitrogens with zero attached hydrogens (tertiary/aromatic N) is 3. The molecule has 3 aromatic carbocycles. The first kappa shape index (κ1) is 25.1. The summed E-state index contributed by atoms with van der Waals surface area (Å²) in [4.78, 5) is 54.2. The number of hydroxylamine groups is 2. The predicted octanol–water partition coefficient (Wildman–Crippen LogP) is 4.38. The molecule has 1 fully saturated rings. The lowest BCUT2D eigenvalue weighted by atomic mass is 9.98. The summed E-state index contributed by atoms with van der Waals surface area (Å²) in [6.07, 6.45) is 0.474. The minimum atomic E-state index is -0.815. The highest BCUT2D eigenvalue weighted by Gasteiger charge is 2.34. The van der Waals surface area contributed by atoms with Gasteiger partial charge >= 0.3 is 11.6 Å². The van der Waals surface area contributed by atoms with Gasteiger partial charge in [-0.05, 0) is 54.1 Å². The van der Waals surface area contributed by atoms with Crippen LogP contribution in [-0.4, -0.2) is 35.7 Å². The fourth-order valence-electron chi connectivity index (χ4n) is 4.82. The van der Waals surface area contributed by atoms with E-state index in [4.69, 9.17) is 19.1 Å². The first-order valence-electron chi connectivity index (χ1n) is 12.6. The molecule has 10 nitrogen and oxygen atoms in total. The summed E-state index contributed by atoms with van der Waals surface area (Å²) < 4.78 is 10.9. The van der Waals surface area contributed by atoms with Crippen LogP contribution in [0.1, 0.15) is 46.8 Å². The van der Waals surface area contributed by atoms with Gasteiger partial charge in [-0.2, -0.15) is 5.10 Å². The SMILES string of the molecule is COc1ccc2oc(=O)c(C3=NN(c4ccc(C(=O)ON5C(=O)CCC5=O)cc4)C(c4ccccc4)C3)cc2c1. The number of methoxy groups -OCH3 is 1. The van der Waals surface area contributed by atoms with Crippen LogP contribution in [0.4, 0.5) is 5.69 Å². The second-order valence-electron chi connectivity index (χ2n) is 9.38. The van der Waals surface area contributed by atoms with Crippen molar-refractivity contribution < 1.29 is 28.4 Å². The Kier molecular flexibility index (Phi) is 6.35. The molecule has 0 radical (unpaired) electrons. The normalized spacial score (nSPS) is 16.9. The lowest BCUT2D eigenvalue weighted by Crippen LogP contribution is -2.32. The highest BCUT2D eigenvalue weighted by Crippen LogP contribution is 2.37. The number of anilines is 1. The largest absolute Gasteiger partial charge is 0.497 e. The number of fused-ring (bicyclic) bond motifs is 1. The van der Waals surface area contributed by atoms with Crippen molar-refractivity contribution in [3.8, 4) is 5.75 Å². The minimum Gasteiger partial charge on any atom is -0.497 e. The highest BCUT2D eigenvalue weighted by atomic mass is 16.7. The maximum Gasteiger partial charge on any atom is 0.363 e. The molecule has 2 aliphatic rings. The summed E-state index contributed by atoms with van der Waals surface area (Å²) in [5, 5.41) is 7.84. The van der Waals surface area contributed by atoms with Crippen molar-refractivity contribution in [2.24, 2.45) is 5.10 Å². The Balaban J connectivity index is 1.33. The molecule has 1 unspecified atom stereocenters. The molecule has 6 rings (SSSR count). The molecule has 2 amide bonds. The molecule has 0 aliphatic carbocycles. The van der Waals surface area contributed by atoms with Crippen molar-refractivity contribution in [2.75, 3.05) is 12.1 Å². The molecule has 0 spiro atoms. The second-order valence-corrected chi connectivity index (χ2v) is 9.38. The zero-order chi connectivity index (χ0) is 27.8. The van der Waals surface area contributed by atoms with Crippen molar-refractivity contribution >= 4 is 40.2 Å². The van der Waals surface area contributed by atoms with Crippen molar-refractivity contribution in [1.29, 1.82) is 0 Å². The Hall–Kier alpha value is -5.25. The van der Waals surface area contributed by atoms with E-state index in [-0.39, 0.29) is 24.4 Å². The Morgan fingerprint density at radius 1 is 0.925 bits per heavy atom.